The number of carbonyl (C=O) groups excluding carboxylic acids is 1. The molecule has 2 saturated heterocycles. The number of likely N-dealkylation sites (tertiary alicyclic amines) is 1. The lowest BCUT2D eigenvalue weighted by Crippen LogP contribution is -2.37. The number of rotatable bonds is 6. The van der Waals surface area contributed by atoms with E-state index in [2.05, 4.69) is 4.90 Å². The monoisotopic (exact) mass is 481 g/mol. The van der Waals surface area contributed by atoms with Crippen LogP contribution in [0.15, 0.2) is 72.8 Å². The van der Waals surface area contributed by atoms with Gasteiger partial charge in [0.15, 0.2) is 0 Å². The van der Waals surface area contributed by atoms with Crippen molar-refractivity contribution in [2.45, 2.75) is 24.6 Å². The Balaban J connectivity index is 1.41. The molecule has 0 aromatic heterocycles. The van der Waals surface area contributed by atoms with Gasteiger partial charge < -0.3 is 15.2 Å². The Morgan fingerprint density at radius 2 is 1.76 bits per heavy atom. The number of hydrogen-bond donors (Lipinski definition) is 1. The van der Waals surface area contributed by atoms with Crippen LogP contribution in [0.1, 0.15) is 18.0 Å². The van der Waals surface area contributed by atoms with Crippen LogP contribution in [0.2, 0.25) is 5.02 Å². The summed E-state index contributed by atoms with van der Waals surface area (Å²) >= 11 is 5.93. The fourth-order valence-corrected chi connectivity index (χ4v) is 4.71. The summed E-state index contributed by atoms with van der Waals surface area (Å²) < 4.78 is 25.8. The second-order valence-electron chi connectivity index (χ2n) is 8.65. The summed E-state index contributed by atoms with van der Waals surface area (Å²) in [4.78, 5) is 16.8. The minimum Gasteiger partial charge on any atom is -0.457 e. The topological polar surface area (TPSA) is 68.0 Å². The number of benzene rings is 3. The van der Waals surface area contributed by atoms with E-state index >= 15 is 0 Å². The van der Waals surface area contributed by atoms with E-state index in [1.807, 2.05) is 6.07 Å². The minimum atomic E-state index is -0.469. The molecule has 2 aliphatic rings. The van der Waals surface area contributed by atoms with Crippen molar-refractivity contribution in [1.29, 1.82) is 0 Å². The van der Waals surface area contributed by atoms with Crippen LogP contribution in [0.3, 0.4) is 0 Å². The van der Waals surface area contributed by atoms with Crippen molar-refractivity contribution in [2.75, 3.05) is 24.5 Å². The number of ether oxygens (including phenoxy) is 2. The van der Waals surface area contributed by atoms with E-state index in [1.165, 1.54) is 12.1 Å². The van der Waals surface area contributed by atoms with Gasteiger partial charge in [0.2, 0.25) is 0 Å². The van der Waals surface area contributed by atoms with E-state index in [1.54, 1.807) is 59.5 Å². The number of nitrogens with two attached hydrogens (primary N) is 1. The molecule has 2 N–H and O–H groups in total. The summed E-state index contributed by atoms with van der Waals surface area (Å²) in [6, 6.07) is 20.2. The van der Waals surface area contributed by atoms with Gasteiger partial charge >= 0.3 is 6.09 Å². The maximum atomic E-state index is 14.1. The van der Waals surface area contributed by atoms with Crippen LogP contribution in [0.25, 0.3) is 0 Å². The lowest BCUT2D eigenvalue weighted by Gasteiger charge is -2.27. The van der Waals surface area contributed by atoms with Crippen molar-refractivity contribution in [2.24, 2.45) is 5.73 Å². The predicted molar refractivity (Wildman–Crippen MR) is 129 cm³/mol. The molecular formula is C26H25ClFN3O3. The Kier molecular flexibility index (Phi) is 6.41. The fourth-order valence-electron chi connectivity index (χ4n) is 4.58. The van der Waals surface area contributed by atoms with E-state index in [0.29, 0.717) is 34.3 Å². The van der Waals surface area contributed by atoms with Gasteiger partial charge in [-0.2, -0.15) is 0 Å². The first kappa shape index (κ1) is 22.7. The van der Waals surface area contributed by atoms with Crippen molar-refractivity contribution in [3.8, 4) is 11.5 Å². The van der Waals surface area contributed by atoms with Gasteiger partial charge in [-0.05, 0) is 79.2 Å². The summed E-state index contributed by atoms with van der Waals surface area (Å²) in [6.45, 7) is 2.14. The zero-order valence-corrected chi connectivity index (χ0v) is 19.2. The first-order valence-electron chi connectivity index (χ1n) is 11.2. The van der Waals surface area contributed by atoms with Gasteiger partial charge in [0.25, 0.3) is 0 Å². The van der Waals surface area contributed by atoms with Gasteiger partial charge in [0.1, 0.15) is 29.5 Å². The van der Waals surface area contributed by atoms with E-state index in [9.17, 15) is 9.18 Å². The Labute approximate surface area is 202 Å². The van der Waals surface area contributed by atoms with E-state index in [4.69, 9.17) is 26.8 Å². The van der Waals surface area contributed by atoms with Gasteiger partial charge in [0, 0.05) is 29.8 Å². The molecule has 0 bridgehead atoms. The zero-order valence-electron chi connectivity index (χ0n) is 18.4. The highest BCUT2D eigenvalue weighted by Crippen LogP contribution is 2.39. The number of hydrogen-bond acceptors (Lipinski definition) is 5. The molecule has 3 aromatic carbocycles. The Bertz CT molecular complexity index is 1160. The molecule has 34 heavy (non-hydrogen) atoms. The molecule has 1 amide bonds. The highest BCUT2D eigenvalue weighted by atomic mass is 35.5. The standard InChI is InChI=1S/C26H25ClFN3O3/c27-18-4-8-22(9-5-18)33-23-10-6-21(7-11-23)31-25(17-2-1-3-19(28)14-17)24(34-26(31)32)16-30-13-12-20(29)15-30/h1-11,14,20,24-25H,12-13,15-16,29H2/t20?,24-,25-/m0/s1. The van der Waals surface area contributed by atoms with E-state index < -0.39 is 18.2 Å². The smallest absolute Gasteiger partial charge is 0.415 e. The lowest BCUT2D eigenvalue weighted by molar-refractivity contribution is 0.104. The van der Waals surface area contributed by atoms with Crippen LogP contribution in [-0.2, 0) is 4.74 Å². The molecule has 176 valence electrons. The van der Waals surface area contributed by atoms with Crippen molar-refractivity contribution >= 4 is 23.4 Å². The molecular weight excluding hydrogens is 457 g/mol. The average molecular weight is 482 g/mol. The summed E-state index contributed by atoms with van der Waals surface area (Å²) in [5, 5.41) is 0.629. The summed E-state index contributed by atoms with van der Waals surface area (Å²) in [7, 11) is 0. The van der Waals surface area contributed by atoms with Crippen LogP contribution in [0.5, 0.6) is 11.5 Å². The van der Waals surface area contributed by atoms with Gasteiger partial charge in [-0.25, -0.2) is 9.18 Å². The third-order valence-electron chi connectivity index (χ3n) is 6.18. The number of nitrogens with zero attached hydrogens (tertiary/aromatic N) is 2. The molecule has 2 aliphatic heterocycles. The van der Waals surface area contributed by atoms with Gasteiger partial charge in [-0.15, -0.1) is 0 Å². The third-order valence-corrected chi connectivity index (χ3v) is 6.43. The predicted octanol–water partition coefficient (Wildman–Crippen LogP) is 5.37. The Morgan fingerprint density at radius 3 is 2.41 bits per heavy atom. The number of carbonyl (C=O) groups is 1. The molecule has 2 heterocycles. The number of anilines is 1. The van der Waals surface area contributed by atoms with Crippen molar-refractivity contribution in [3.05, 3.63) is 89.2 Å². The Morgan fingerprint density at radius 1 is 1.06 bits per heavy atom. The number of amides is 1. The van der Waals surface area contributed by atoms with Crippen LogP contribution >= 0.6 is 11.6 Å². The SMILES string of the molecule is NC1CCN(C[C@@H]2OC(=O)N(c3ccc(Oc4ccc(Cl)cc4)cc3)[C@H]2c2cccc(F)c2)C1. The van der Waals surface area contributed by atoms with Crippen molar-refractivity contribution in [1.82, 2.24) is 4.90 Å². The first-order valence-corrected chi connectivity index (χ1v) is 11.6. The maximum Gasteiger partial charge on any atom is 0.415 e. The van der Waals surface area contributed by atoms with Crippen LogP contribution < -0.4 is 15.4 Å². The summed E-state index contributed by atoms with van der Waals surface area (Å²) in [6.07, 6.45) is -0.0110. The van der Waals surface area contributed by atoms with Crippen molar-refractivity contribution < 1.29 is 18.7 Å². The molecule has 0 saturated carbocycles. The van der Waals surface area contributed by atoms with E-state index in [-0.39, 0.29) is 11.9 Å². The molecule has 0 spiro atoms. The van der Waals surface area contributed by atoms with Crippen LogP contribution in [-0.4, -0.2) is 42.8 Å². The number of halogens is 2. The van der Waals surface area contributed by atoms with Gasteiger partial charge in [-0.1, -0.05) is 23.7 Å². The molecule has 0 aliphatic carbocycles. The highest BCUT2D eigenvalue weighted by Gasteiger charge is 2.44. The highest BCUT2D eigenvalue weighted by molar-refractivity contribution is 6.30. The molecule has 2 fully saturated rings. The number of cyclic esters (lactones) is 1. The quantitative estimate of drug-likeness (QED) is 0.512. The summed E-state index contributed by atoms with van der Waals surface area (Å²) in [5.74, 6) is 0.910. The average Bonchev–Trinajstić information content (AvgIpc) is 3.38. The summed E-state index contributed by atoms with van der Waals surface area (Å²) in [5.41, 5.74) is 7.38. The molecule has 1 unspecified atom stereocenters. The first-order chi connectivity index (χ1) is 16.5. The van der Waals surface area contributed by atoms with Crippen LogP contribution in [0.4, 0.5) is 14.9 Å². The van der Waals surface area contributed by atoms with Crippen molar-refractivity contribution in [3.63, 3.8) is 0 Å². The molecule has 6 nitrogen and oxygen atoms in total. The minimum absolute atomic E-state index is 0.119. The van der Waals surface area contributed by atoms with Crippen LogP contribution in [0, 0.1) is 5.82 Å². The molecule has 8 heteroatoms. The Hall–Kier alpha value is -3.13. The largest absolute Gasteiger partial charge is 0.457 e. The maximum absolute atomic E-state index is 14.1. The molecule has 3 aromatic rings. The van der Waals surface area contributed by atoms with Gasteiger partial charge in [0.05, 0.1) is 0 Å². The van der Waals surface area contributed by atoms with Gasteiger partial charge in [-0.3, -0.25) is 9.80 Å². The molecule has 0 radical (unpaired) electrons. The lowest BCUT2D eigenvalue weighted by atomic mass is 9.99. The second kappa shape index (κ2) is 9.62. The second-order valence-corrected chi connectivity index (χ2v) is 9.09. The normalized spacial score (nSPS) is 22.7. The third kappa shape index (κ3) is 4.87. The van der Waals surface area contributed by atoms with E-state index in [0.717, 1.165) is 19.5 Å². The zero-order chi connectivity index (χ0) is 23.7. The fraction of sp³-hybridized carbons (Fsp3) is 0.269. The molecule has 5 rings (SSSR count). The molecule has 3 atom stereocenters.